The lowest BCUT2D eigenvalue weighted by atomic mass is 10.3. The lowest BCUT2D eigenvalue weighted by Gasteiger charge is -2.18. The minimum Gasteiger partial charge on any atom is -0.320 e. The number of aromatic nitrogens is 2. The minimum absolute atomic E-state index is 0. The van der Waals surface area contributed by atoms with Crippen molar-refractivity contribution in [1.82, 2.24) is 14.9 Å². The highest BCUT2D eigenvalue weighted by Crippen LogP contribution is 2.32. The smallest absolute Gasteiger partial charge is 0.320 e. The van der Waals surface area contributed by atoms with Gasteiger partial charge in [0, 0.05) is 19.6 Å². The van der Waals surface area contributed by atoms with Crippen molar-refractivity contribution >= 4 is 24.6 Å². The van der Waals surface area contributed by atoms with E-state index in [1.54, 1.807) is 0 Å². The maximum Gasteiger partial charge on any atom is 0.449 e. The van der Waals surface area contributed by atoms with Gasteiger partial charge in [0.25, 0.3) is 0 Å². The monoisotopic (exact) mass is 270 g/mol. The first-order valence-corrected chi connectivity index (χ1v) is 4.61. The molecule has 0 fully saturated rings. The standard InChI is InChI=1S/C8H9F3N4O.ClH/c9-8(10,11)7-14-6(13-4-16)5-3-12-1-2-15(5)7;/h4,12H,1-3H2,(H,13,16);1H. The Hall–Kier alpha value is -1.28. The number of carbonyl (C=O) groups excluding carboxylic acids is 1. The molecule has 0 aromatic carbocycles. The van der Waals surface area contributed by atoms with Gasteiger partial charge in [0.1, 0.15) is 0 Å². The van der Waals surface area contributed by atoms with Crippen LogP contribution in [-0.4, -0.2) is 22.5 Å². The molecule has 96 valence electrons. The first-order valence-electron chi connectivity index (χ1n) is 4.61. The second kappa shape index (κ2) is 4.92. The van der Waals surface area contributed by atoms with Crippen molar-refractivity contribution in [3.8, 4) is 0 Å². The van der Waals surface area contributed by atoms with E-state index in [9.17, 15) is 18.0 Å². The number of fused-ring (bicyclic) bond motifs is 1. The fourth-order valence-electron chi connectivity index (χ4n) is 1.69. The van der Waals surface area contributed by atoms with Crippen molar-refractivity contribution in [2.45, 2.75) is 19.3 Å². The molecule has 0 spiro atoms. The van der Waals surface area contributed by atoms with Gasteiger partial charge >= 0.3 is 6.18 Å². The van der Waals surface area contributed by atoms with Gasteiger partial charge < -0.3 is 15.2 Å². The van der Waals surface area contributed by atoms with Crippen LogP contribution in [0.25, 0.3) is 0 Å². The quantitative estimate of drug-likeness (QED) is 0.788. The normalized spacial score (nSPS) is 14.8. The van der Waals surface area contributed by atoms with E-state index in [2.05, 4.69) is 15.6 Å². The Morgan fingerprint density at radius 3 is 2.76 bits per heavy atom. The summed E-state index contributed by atoms with van der Waals surface area (Å²) in [5, 5.41) is 5.10. The van der Waals surface area contributed by atoms with E-state index in [1.807, 2.05) is 0 Å². The number of amides is 1. The molecule has 5 nitrogen and oxygen atoms in total. The summed E-state index contributed by atoms with van der Waals surface area (Å²) in [4.78, 5) is 13.7. The zero-order valence-corrected chi connectivity index (χ0v) is 9.36. The number of anilines is 1. The van der Waals surface area contributed by atoms with Gasteiger partial charge in [-0.05, 0) is 0 Å². The maximum absolute atomic E-state index is 12.6. The maximum atomic E-state index is 12.6. The average Bonchev–Trinajstić information content (AvgIpc) is 2.58. The van der Waals surface area contributed by atoms with Crippen LogP contribution in [-0.2, 0) is 24.1 Å². The molecular weight excluding hydrogens is 261 g/mol. The molecule has 9 heteroatoms. The SMILES string of the molecule is Cl.O=CNc1nc(C(F)(F)F)n2c1CNCC2. The number of imidazole rings is 1. The third-order valence-corrected chi connectivity index (χ3v) is 2.33. The molecule has 2 rings (SSSR count). The topological polar surface area (TPSA) is 59.0 Å². The Kier molecular flexibility index (Phi) is 3.99. The number of hydrogen-bond acceptors (Lipinski definition) is 3. The molecule has 1 aliphatic rings. The molecule has 0 aliphatic carbocycles. The molecular formula is C8H10ClF3N4O. The molecule has 0 saturated carbocycles. The van der Waals surface area contributed by atoms with Crippen LogP contribution >= 0.6 is 12.4 Å². The zero-order chi connectivity index (χ0) is 11.8. The van der Waals surface area contributed by atoms with E-state index >= 15 is 0 Å². The van der Waals surface area contributed by atoms with E-state index in [1.165, 1.54) is 0 Å². The van der Waals surface area contributed by atoms with Crippen molar-refractivity contribution in [2.24, 2.45) is 0 Å². The van der Waals surface area contributed by atoms with Gasteiger partial charge in [-0.1, -0.05) is 0 Å². The van der Waals surface area contributed by atoms with E-state index in [-0.39, 0.29) is 31.3 Å². The number of rotatable bonds is 2. The summed E-state index contributed by atoms with van der Waals surface area (Å²) in [5.74, 6) is -0.997. The molecule has 1 aliphatic heterocycles. The molecule has 17 heavy (non-hydrogen) atoms. The fraction of sp³-hybridized carbons (Fsp3) is 0.500. The summed E-state index contributed by atoms with van der Waals surface area (Å²) in [7, 11) is 0. The van der Waals surface area contributed by atoms with E-state index in [0.29, 0.717) is 18.6 Å². The van der Waals surface area contributed by atoms with Crippen molar-refractivity contribution in [1.29, 1.82) is 0 Å². The lowest BCUT2D eigenvalue weighted by Crippen LogP contribution is -2.30. The fourth-order valence-corrected chi connectivity index (χ4v) is 1.69. The molecule has 2 N–H and O–H groups in total. The minimum atomic E-state index is -4.51. The summed E-state index contributed by atoms with van der Waals surface area (Å²) < 4.78 is 38.9. The first kappa shape index (κ1) is 13.8. The summed E-state index contributed by atoms with van der Waals surface area (Å²) in [5.41, 5.74) is 0.352. The Morgan fingerprint density at radius 2 is 2.18 bits per heavy atom. The van der Waals surface area contributed by atoms with Crippen LogP contribution in [0.1, 0.15) is 11.5 Å². The second-order valence-electron chi connectivity index (χ2n) is 3.32. The zero-order valence-electron chi connectivity index (χ0n) is 8.54. The van der Waals surface area contributed by atoms with Gasteiger partial charge in [0.2, 0.25) is 12.2 Å². The molecule has 0 atom stereocenters. The van der Waals surface area contributed by atoms with Gasteiger partial charge in [-0.2, -0.15) is 13.2 Å². The number of nitrogens with one attached hydrogen (secondary N) is 2. The molecule has 1 aromatic heterocycles. The van der Waals surface area contributed by atoms with E-state index < -0.39 is 12.0 Å². The Labute approximate surface area is 101 Å². The summed E-state index contributed by atoms with van der Waals surface area (Å²) in [6.07, 6.45) is -4.19. The molecule has 1 aromatic rings. The first-order chi connectivity index (χ1) is 7.54. The molecule has 0 radical (unpaired) electrons. The van der Waals surface area contributed by atoms with Gasteiger partial charge in [0.15, 0.2) is 5.82 Å². The van der Waals surface area contributed by atoms with Crippen LogP contribution in [0.4, 0.5) is 19.0 Å². The molecule has 1 amide bonds. The number of hydrogen-bond donors (Lipinski definition) is 2. The average molecular weight is 271 g/mol. The van der Waals surface area contributed by atoms with Gasteiger partial charge in [-0.25, -0.2) is 4.98 Å². The number of carbonyl (C=O) groups is 1. The van der Waals surface area contributed by atoms with Crippen molar-refractivity contribution in [3.05, 3.63) is 11.5 Å². The van der Waals surface area contributed by atoms with Gasteiger partial charge in [-0.3, -0.25) is 4.79 Å². The Morgan fingerprint density at radius 1 is 1.47 bits per heavy atom. The Bertz CT molecular complexity index is 418. The summed E-state index contributed by atoms with van der Waals surface area (Å²) in [6.45, 7) is 0.907. The highest BCUT2D eigenvalue weighted by Gasteiger charge is 2.39. The van der Waals surface area contributed by atoms with Crippen molar-refractivity contribution in [3.63, 3.8) is 0 Å². The predicted molar refractivity (Wildman–Crippen MR) is 55.9 cm³/mol. The van der Waals surface area contributed by atoms with E-state index in [0.717, 1.165) is 4.57 Å². The van der Waals surface area contributed by atoms with Crippen LogP contribution < -0.4 is 10.6 Å². The summed E-state index contributed by atoms with van der Waals surface area (Å²) in [6, 6.07) is 0. The Balaban J connectivity index is 0.00000144. The lowest BCUT2D eigenvalue weighted by molar-refractivity contribution is -0.147. The molecule has 0 bridgehead atoms. The van der Waals surface area contributed by atoms with Crippen molar-refractivity contribution < 1.29 is 18.0 Å². The molecule has 0 saturated heterocycles. The van der Waals surface area contributed by atoms with Crippen LogP contribution in [0.3, 0.4) is 0 Å². The number of halogens is 4. The number of nitrogens with zero attached hydrogens (tertiary/aromatic N) is 2. The van der Waals surface area contributed by atoms with Crippen LogP contribution in [0.5, 0.6) is 0 Å². The van der Waals surface area contributed by atoms with E-state index in [4.69, 9.17) is 0 Å². The van der Waals surface area contributed by atoms with Crippen LogP contribution in [0, 0.1) is 0 Å². The molecule has 2 heterocycles. The third-order valence-electron chi connectivity index (χ3n) is 2.33. The molecule has 0 unspecified atom stereocenters. The van der Waals surface area contributed by atoms with Gasteiger partial charge in [-0.15, -0.1) is 12.4 Å². The number of alkyl halides is 3. The van der Waals surface area contributed by atoms with Crippen LogP contribution in [0.2, 0.25) is 0 Å². The third kappa shape index (κ3) is 2.52. The second-order valence-corrected chi connectivity index (χ2v) is 3.32. The highest BCUT2D eigenvalue weighted by atomic mass is 35.5. The van der Waals surface area contributed by atoms with Gasteiger partial charge in [0.05, 0.1) is 5.69 Å². The largest absolute Gasteiger partial charge is 0.449 e. The van der Waals surface area contributed by atoms with Crippen molar-refractivity contribution in [2.75, 3.05) is 11.9 Å². The highest BCUT2D eigenvalue weighted by molar-refractivity contribution is 5.85. The predicted octanol–water partition coefficient (Wildman–Crippen LogP) is 0.995. The van der Waals surface area contributed by atoms with Crippen LogP contribution in [0.15, 0.2) is 0 Å². The summed E-state index contributed by atoms with van der Waals surface area (Å²) >= 11 is 0.